The second kappa shape index (κ2) is 5.19. The van der Waals surface area contributed by atoms with Gasteiger partial charge < -0.3 is 15.5 Å². The first-order chi connectivity index (χ1) is 8.93. The smallest absolute Gasteiger partial charge is 0.408 e. The molecule has 0 saturated heterocycles. The highest BCUT2D eigenvalue weighted by Crippen LogP contribution is 2.14. The molecule has 5 nitrogen and oxygen atoms in total. The Morgan fingerprint density at radius 1 is 1.42 bits per heavy atom. The van der Waals surface area contributed by atoms with Gasteiger partial charge in [0.1, 0.15) is 0 Å². The summed E-state index contributed by atoms with van der Waals surface area (Å²) in [6.45, 7) is 5.59. The maximum absolute atomic E-state index is 11.4. The summed E-state index contributed by atoms with van der Waals surface area (Å²) in [5.41, 5.74) is 8.22. The molecular formula is C14H21N3O2. The minimum absolute atomic E-state index is 0.0522. The fourth-order valence-corrected chi connectivity index (χ4v) is 1.95. The number of hydrogen-bond acceptors (Lipinski definition) is 4. The monoisotopic (exact) mass is 263 g/mol. The Morgan fingerprint density at radius 3 is 2.84 bits per heavy atom. The van der Waals surface area contributed by atoms with E-state index in [9.17, 15) is 4.79 Å². The molecule has 0 bridgehead atoms. The van der Waals surface area contributed by atoms with E-state index in [1.165, 1.54) is 4.57 Å². The lowest BCUT2D eigenvalue weighted by molar-refractivity contribution is 0.402. The number of fused-ring (bicyclic) bond motifs is 1. The van der Waals surface area contributed by atoms with Crippen molar-refractivity contribution in [1.82, 2.24) is 9.88 Å². The first-order valence-electron chi connectivity index (χ1n) is 6.46. The molecule has 1 aromatic carbocycles. The van der Waals surface area contributed by atoms with Gasteiger partial charge >= 0.3 is 5.76 Å². The molecule has 2 aromatic rings. The van der Waals surface area contributed by atoms with Crippen LogP contribution in [0, 0.1) is 0 Å². The first-order valence-corrected chi connectivity index (χ1v) is 6.46. The Bertz CT molecular complexity index is 625. The van der Waals surface area contributed by atoms with Crippen LogP contribution in [0.2, 0.25) is 0 Å². The van der Waals surface area contributed by atoms with Gasteiger partial charge in [-0.25, -0.2) is 4.79 Å². The van der Waals surface area contributed by atoms with Gasteiger partial charge in [-0.05, 0) is 44.5 Å². The number of aryl methyl sites for hydroxylation is 1. The fraction of sp³-hybridized carbons (Fsp3) is 0.500. The minimum Gasteiger partial charge on any atom is -0.408 e. The van der Waals surface area contributed by atoms with Crippen LogP contribution in [0.15, 0.2) is 27.4 Å². The molecule has 5 heteroatoms. The standard InChI is InChI=1S/C14H21N3O2/c1-14(2,9-15)16-7-6-10-4-5-11-12(8-10)19-13(18)17(11)3/h4-5,8,16H,6-7,9,15H2,1-3H3. The van der Waals surface area contributed by atoms with Gasteiger partial charge in [0, 0.05) is 19.1 Å². The highest BCUT2D eigenvalue weighted by molar-refractivity contribution is 5.73. The third kappa shape index (κ3) is 3.05. The van der Waals surface area contributed by atoms with E-state index in [0.717, 1.165) is 24.0 Å². The van der Waals surface area contributed by atoms with E-state index in [-0.39, 0.29) is 11.3 Å². The number of benzene rings is 1. The molecule has 19 heavy (non-hydrogen) atoms. The largest absolute Gasteiger partial charge is 0.419 e. The van der Waals surface area contributed by atoms with Crippen LogP contribution >= 0.6 is 0 Å². The Balaban J connectivity index is 2.08. The zero-order valence-electron chi connectivity index (χ0n) is 11.7. The molecule has 2 rings (SSSR count). The van der Waals surface area contributed by atoms with Crippen molar-refractivity contribution in [2.45, 2.75) is 25.8 Å². The second-order valence-electron chi connectivity index (χ2n) is 5.49. The molecule has 3 N–H and O–H groups in total. The Morgan fingerprint density at radius 2 is 2.16 bits per heavy atom. The van der Waals surface area contributed by atoms with E-state index < -0.39 is 0 Å². The highest BCUT2D eigenvalue weighted by atomic mass is 16.4. The molecule has 0 aliphatic rings. The lowest BCUT2D eigenvalue weighted by atomic mass is 10.1. The molecule has 0 radical (unpaired) electrons. The van der Waals surface area contributed by atoms with Crippen molar-refractivity contribution in [3.63, 3.8) is 0 Å². The topological polar surface area (TPSA) is 73.2 Å². The van der Waals surface area contributed by atoms with E-state index in [1.54, 1.807) is 7.05 Å². The quantitative estimate of drug-likeness (QED) is 0.844. The van der Waals surface area contributed by atoms with Crippen LogP contribution in [0.3, 0.4) is 0 Å². The summed E-state index contributed by atoms with van der Waals surface area (Å²) in [5.74, 6) is -0.324. The molecule has 0 fully saturated rings. The van der Waals surface area contributed by atoms with Crippen molar-refractivity contribution in [3.8, 4) is 0 Å². The summed E-state index contributed by atoms with van der Waals surface area (Å²) < 4.78 is 6.68. The van der Waals surface area contributed by atoms with Gasteiger partial charge in [-0.2, -0.15) is 0 Å². The molecule has 104 valence electrons. The van der Waals surface area contributed by atoms with E-state index in [0.29, 0.717) is 12.1 Å². The minimum atomic E-state index is -0.324. The van der Waals surface area contributed by atoms with Crippen LogP contribution in [-0.4, -0.2) is 23.2 Å². The number of nitrogens with one attached hydrogen (secondary N) is 1. The molecule has 0 atom stereocenters. The molecule has 0 spiro atoms. The SMILES string of the molecule is Cn1c(=O)oc2cc(CCNC(C)(C)CN)ccc21. The molecule has 0 aliphatic carbocycles. The predicted octanol–water partition coefficient (Wildman–Crippen LogP) is 1.00. The van der Waals surface area contributed by atoms with Crippen LogP contribution < -0.4 is 16.8 Å². The number of rotatable bonds is 5. The maximum atomic E-state index is 11.4. The molecule has 0 aliphatic heterocycles. The van der Waals surface area contributed by atoms with E-state index in [1.807, 2.05) is 18.2 Å². The zero-order chi connectivity index (χ0) is 14.0. The molecule has 0 amide bonds. The molecule has 1 heterocycles. The van der Waals surface area contributed by atoms with Gasteiger partial charge in [0.15, 0.2) is 5.58 Å². The number of hydrogen-bond donors (Lipinski definition) is 2. The van der Waals surface area contributed by atoms with Gasteiger partial charge in [0.25, 0.3) is 0 Å². The average molecular weight is 263 g/mol. The van der Waals surface area contributed by atoms with Crippen LogP contribution in [0.1, 0.15) is 19.4 Å². The van der Waals surface area contributed by atoms with E-state index >= 15 is 0 Å². The number of nitrogens with two attached hydrogens (primary N) is 1. The van der Waals surface area contributed by atoms with E-state index in [2.05, 4.69) is 19.2 Å². The van der Waals surface area contributed by atoms with Crippen LogP contribution in [0.4, 0.5) is 0 Å². The van der Waals surface area contributed by atoms with Crippen molar-refractivity contribution >= 4 is 11.1 Å². The lowest BCUT2D eigenvalue weighted by Gasteiger charge is -2.24. The highest BCUT2D eigenvalue weighted by Gasteiger charge is 2.13. The number of nitrogens with zero attached hydrogens (tertiary/aromatic N) is 1. The fourth-order valence-electron chi connectivity index (χ4n) is 1.95. The second-order valence-corrected chi connectivity index (χ2v) is 5.49. The number of aromatic nitrogens is 1. The Labute approximate surface area is 112 Å². The normalized spacial score (nSPS) is 12.2. The van der Waals surface area contributed by atoms with Gasteiger partial charge in [-0.15, -0.1) is 0 Å². The molecule has 0 saturated carbocycles. The lowest BCUT2D eigenvalue weighted by Crippen LogP contribution is -2.46. The van der Waals surface area contributed by atoms with Gasteiger partial charge in [0.05, 0.1) is 5.52 Å². The van der Waals surface area contributed by atoms with Crippen molar-refractivity contribution < 1.29 is 4.42 Å². The summed E-state index contributed by atoms with van der Waals surface area (Å²) in [4.78, 5) is 11.4. The zero-order valence-corrected chi connectivity index (χ0v) is 11.7. The van der Waals surface area contributed by atoms with E-state index in [4.69, 9.17) is 10.2 Å². The first kappa shape index (κ1) is 13.8. The summed E-state index contributed by atoms with van der Waals surface area (Å²) in [6.07, 6.45) is 0.873. The van der Waals surface area contributed by atoms with Crippen molar-refractivity contribution in [1.29, 1.82) is 0 Å². The van der Waals surface area contributed by atoms with Gasteiger partial charge in [-0.1, -0.05) is 6.07 Å². The Hall–Kier alpha value is -1.59. The maximum Gasteiger partial charge on any atom is 0.419 e. The number of oxazole rings is 1. The summed E-state index contributed by atoms with van der Waals surface area (Å²) in [6, 6.07) is 5.87. The van der Waals surface area contributed by atoms with Crippen LogP contribution in [-0.2, 0) is 13.5 Å². The third-order valence-electron chi connectivity index (χ3n) is 3.38. The molecule has 1 aromatic heterocycles. The third-order valence-corrected chi connectivity index (χ3v) is 3.38. The van der Waals surface area contributed by atoms with Gasteiger partial charge in [-0.3, -0.25) is 4.57 Å². The summed E-state index contributed by atoms with van der Waals surface area (Å²) in [5, 5.41) is 3.40. The van der Waals surface area contributed by atoms with Gasteiger partial charge in [0.2, 0.25) is 0 Å². The average Bonchev–Trinajstić information content (AvgIpc) is 2.65. The van der Waals surface area contributed by atoms with Crippen molar-refractivity contribution in [2.75, 3.05) is 13.1 Å². The molecule has 0 unspecified atom stereocenters. The van der Waals surface area contributed by atoms with Crippen LogP contribution in [0.5, 0.6) is 0 Å². The van der Waals surface area contributed by atoms with Crippen LogP contribution in [0.25, 0.3) is 11.1 Å². The van der Waals surface area contributed by atoms with Crippen molar-refractivity contribution in [2.24, 2.45) is 12.8 Å². The molecular weight excluding hydrogens is 242 g/mol. The van der Waals surface area contributed by atoms with Crippen molar-refractivity contribution in [3.05, 3.63) is 34.3 Å². The predicted molar refractivity (Wildman–Crippen MR) is 76.3 cm³/mol. The summed E-state index contributed by atoms with van der Waals surface area (Å²) in [7, 11) is 1.71. The summed E-state index contributed by atoms with van der Waals surface area (Å²) >= 11 is 0. The Kier molecular flexibility index (Phi) is 3.78.